The summed E-state index contributed by atoms with van der Waals surface area (Å²) in [7, 11) is 1.66. The lowest BCUT2D eigenvalue weighted by molar-refractivity contribution is -0.0349. The largest absolute Gasteiger partial charge is 0.497 e. The fraction of sp³-hybridized carbons (Fsp3) is 0.240. The molecule has 1 saturated heterocycles. The molecule has 1 aliphatic heterocycles. The van der Waals surface area contributed by atoms with Gasteiger partial charge < -0.3 is 9.47 Å². The molecule has 0 unspecified atom stereocenters. The topological polar surface area (TPSA) is 60.4 Å². The molecule has 1 fully saturated rings. The van der Waals surface area contributed by atoms with Crippen molar-refractivity contribution in [1.29, 1.82) is 0 Å². The van der Waals surface area contributed by atoms with Crippen molar-refractivity contribution in [1.82, 2.24) is 19.9 Å². The van der Waals surface area contributed by atoms with E-state index >= 15 is 0 Å². The van der Waals surface area contributed by atoms with Crippen LogP contribution in [0.5, 0.6) is 5.75 Å². The Morgan fingerprint density at radius 2 is 2.03 bits per heavy atom. The average Bonchev–Trinajstić information content (AvgIpc) is 2.85. The molecule has 156 valence electrons. The molecule has 0 N–H and O–H groups in total. The molecule has 0 bridgehead atoms. The zero-order valence-electron chi connectivity index (χ0n) is 17.4. The predicted octanol–water partition coefficient (Wildman–Crippen LogP) is 4.27. The van der Waals surface area contributed by atoms with Crippen LogP contribution in [-0.4, -0.2) is 46.7 Å². The maximum Gasteiger partial charge on any atom is 0.119 e. The lowest BCUT2D eigenvalue weighted by Crippen LogP contribution is -2.38. The molecule has 4 aromatic rings. The molecule has 2 aromatic carbocycles. The minimum Gasteiger partial charge on any atom is -0.497 e. The monoisotopic (exact) mass is 412 g/mol. The van der Waals surface area contributed by atoms with Gasteiger partial charge in [0.25, 0.3) is 0 Å². The van der Waals surface area contributed by atoms with Crippen LogP contribution in [0.4, 0.5) is 0 Å². The molecule has 6 heteroatoms. The van der Waals surface area contributed by atoms with Crippen molar-refractivity contribution in [2.24, 2.45) is 0 Å². The van der Waals surface area contributed by atoms with Crippen LogP contribution in [0.2, 0.25) is 0 Å². The number of methoxy groups -OCH3 is 1. The van der Waals surface area contributed by atoms with Crippen molar-refractivity contribution >= 4 is 10.9 Å². The van der Waals surface area contributed by atoms with Crippen LogP contribution in [-0.2, 0) is 11.3 Å². The highest BCUT2D eigenvalue weighted by atomic mass is 16.5. The fourth-order valence-electron chi connectivity index (χ4n) is 4.03. The average molecular weight is 412 g/mol. The number of ether oxygens (including phenoxy) is 2. The highest BCUT2D eigenvalue weighted by Gasteiger charge is 2.24. The molecule has 0 aliphatic carbocycles. The fourth-order valence-corrected chi connectivity index (χ4v) is 4.03. The van der Waals surface area contributed by atoms with Gasteiger partial charge in [-0.15, -0.1) is 0 Å². The van der Waals surface area contributed by atoms with Gasteiger partial charge in [0.1, 0.15) is 11.9 Å². The van der Waals surface area contributed by atoms with Gasteiger partial charge in [0.15, 0.2) is 0 Å². The van der Waals surface area contributed by atoms with Crippen LogP contribution >= 0.6 is 0 Å². The molecule has 1 atom stereocenters. The summed E-state index contributed by atoms with van der Waals surface area (Å²) in [6.45, 7) is 3.17. The van der Waals surface area contributed by atoms with E-state index < -0.39 is 0 Å². The summed E-state index contributed by atoms with van der Waals surface area (Å²) in [5, 5.41) is 1.20. The number of hydrogen-bond acceptors (Lipinski definition) is 6. The highest BCUT2D eigenvalue weighted by molar-refractivity contribution is 5.81. The van der Waals surface area contributed by atoms with E-state index in [0.717, 1.165) is 47.9 Å². The summed E-state index contributed by atoms with van der Waals surface area (Å²) in [5.41, 5.74) is 4.95. The van der Waals surface area contributed by atoms with E-state index in [1.807, 2.05) is 36.5 Å². The quantitative estimate of drug-likeness (QED) is 0.488. The van der Waals surface area contributed by atoms with E-state index in [1.54, 1.807) is 19.5 Å². The summed E-state index contributed by atoms with van der Waals surface area (Å²) in [6, 6.07) is 18.3. The van der Waals surface area contributed by atoms with Crippen LogP contribution < -0.4 is 4.74 Å². The summed E-state index contributed by atoms with van der Waals surface area (Å²) in [5.74, 6) is 0.800. The summed E-state index contributed by atoms with van der Waals surface area (Å²) >= 11 is 0. The van der Waals surface area contributed by atoms with Crippen molar-refractivity contribution in [3.63, 3.8) is 0 Å². The van der Waals surface area contributed by atoms with Gasteiger partial charge in [-0.05, 0) is 29.8 Å². The van der Waals surface area contributed by atoms with Crippen molar-refractivity contribution in [3.05, 3.63) is 84.4 Å². The third-order valence-electron chi connectivity index (χ3n) is 5.63. The minimum atomic E-state index is -0.111. The Bertz CT molecular complexity index is 1190. The van der Waals surface area contributed by atoms with Crippen LogP contribution in [0.3, 0.4) is 0 Å². The third kappa shape index (κ3) is 4.26. The van der Waals surface area contributed by atoms with Gasteiger partial charge in [0.2, 0.25) is 0 Å². The van der Waals surface area contributed by atoms with Gasteiger partial charge in [0, 0.05) is 36.8 Å². The van der Waals surface area contributed by atoms with Gasteiger partial charge >= 0.3 is 0 Å². The van der Waals surface area contributed by atoms with Crippen molar-refractivity contribution in [2.75, 3.05) is 26.8 Å². The number of morpholine rings is 1. The van der Waals surface area contributed by atoms with Gasteiger partial charge in [-0.3, -0.25) is 14.9 Å². The molecular formula is C25H24N4O2. The number of aromatic nitrogens is 3. The van der Waals surface area contributed by atoms with Gasteiger partial charge in [0.05, 0.1) is 43.0 Å². The molecule has 31 heavy (non-hydrogen) atoms. The Hall–Kier alpha value is -3.35. The Labute approximate surface area is 181 Å². The molecule has 1 aliphatic rings. The first-order valence-electron chi connectivity index (χ1n) is 10.4. The smallest absolute Gasteiger partial charge is 0.119 e. The number of pyridine rings is 1. The van der Waals surface area contributed by atoms with E-state index in [1.165, 1.54) is 10.9 Å². The molecule has 2 aromatic heterocycles. The number of benzene rings is 2. The van der Waals surface area contributed by atoms with Gasteiger partial charge in [-0.25, -0.2) is 4.98 Å². The summed E-state index contributed by atoms with van der Waals surface area (Å²) in [6.07, 6.45) is 5.31. The Morgan fingerprint density at radius 3 is 2.97 bits per heavy atom. The highest BCUT2D eigenvalue weighted by Crippen LogP contribution is 2.27. The van der Waals surface area contributed by atoms with Crippen LogP contribution in [0.1, 0.15) is 17.4 Å². The molecule has 0 amide bonds. The second kappa shape index (κ2) is 8.79. The normalized spacial score (nSPS) is 17.0. The third-order valence-corrected chi connectivity index (χ3v) is 5.63. The van der Waals surface area contributed by atoms with Gasteiger partial charge in [-0.1, -0.05) is 30.3 Å². The molecule has 0 saturated carbocycles. The molecule has 0 spiro atoms. The molecular weight excluding hydrogens is 388 g/mol. The van der Waals surface area contributed by atoms with Crippen molar-refractivity contribution in [2.45, 2.75) is 12.6 Å². The SMILES string of the molecule is COc1cccc(-c2cncc([C@@H]3CN(Cc4cccc5ncccc45)CCO3)n2)c1. The maximum atomic E-state index is 6.07. The number of rotatable bonds is 5. The minimum absolute atomic E-state index is 0.111. The standard InChI is InChI=1S/C25H24N4O2/c1-30-20-7-2-5-18(13-20)23-14-26-15-24(28-23)25-17-29(11-12-31-25)16-19-6-3-9-22-21(19)8-4-10-27-22/h2-10,13-15,25H,11-12,16-17H2,1H3/t25-/m0/s1. The zero-order chi connectivity index (χ0) is 21.0. The maximum absolute atomic E-state index is 6.07. The number of fused-ring (bicyclic) bond motifs is 1. The Balaban J connectivity index is 1.36. The lowest BCUT2D eigenvalue weighted by atomic mass is 10.1. The van der Waals surface area contributed by atoms with E-state index in [0.29, 0.717) is 6.61 Å². The Morgan fingerprint density at radius 1 is 1.10 bits per heavy atom. The van der Waals surface area contributed by atoms with E-state index in [-0.39, 0.29) is 6.10 Å². The first-order valence-corrected chi connectivity index (χ1v) is 10.4. The van der Waals surface area contributed by atoms with Crippen molar-refractivity contribution in [3.8, 4) is 17.0 Å². The van der Waals surface area contributed by atoms with Crippen LogP contribution in [0.25, 0.3) is 22.2 Å². The second-order valence-electron chi connectivity index (χ2n) is 7.64. The van der Waals surface area contributed by atoms with E-state index in [4.69, 9.17) is 14.5 Å². The van der Waals surface area contributed by atoms with Crippen molar-refractivity contribution < 1.29 is 9.47 Å². The first-order chi connectivity index (χ1) is 15.3. The molecule has 5 rings (SSSR count). The summed E-state index contributed by atoms with van der Waals surface area (Å²) in [4.78, 5) is 16.2. The Kier molecular flexibility index (Phi) is 5.56. The lowest BCUT2D eigenvalue weighted by Gasteiger charge is -2.32. The predicted molar refractivity (Wildman–Crippen MR) is 120 cm³/mol. The molecule has 3 heterocycles. The summed E-state index contributed by atoms with van der Waals surface area (Å²) < 4.78 is 11.4. The zero-order valence-corrected chi connectivity index (χ0v) is 17.4. The van der Waals surface area contributed by atoms with Crippen LogP contribution in [0.15, 0.2) is 73.2 Å². The van der Waals surface area contributed by atoms with E-state index in [2.05, 4.69) is 39.1 Å². The molecule has 6 nitrogen and oxygen atoms in total. The van der Waals surface area contributed by atoms with Crippen LogP contribution in [0, 0.1) is 0 Å². The van der Waals surface area contributed by atoms with Gasteiger partial charge in [-0.2, -0.15) is 0 Å². The second-order valence-corrected chi connectivity index (χ2v) is 7.64. The number of nitrogens with zero attached hydrogens (tertiary/aromatic N) is 4. The van der Waals surface area contributed by atoms with E-state index in [9.17, 15) is 0 Å². The number of hydrogen-bond donors (Lipinski definition) is 0. The molecule has 0 radical (unpaired) electrons. The first kappa shape index (κ1) is 19.6.